The molecule has 4 rings (SSSR count). The molecule has 1 heterocycles. The van der Waals surface area contributed by atoms with Gasteiger partial charge in [-0.1, -0.05) is 47.5 Å². The monoisotopic (exact) mass is 523 g/mol. The molecule has 8 heteroatoms. The van der Waals surface area contributed by atoms with Gasteiger partial charge in [0.05, 0.1) is 24.2 Å². The molecule has 0 aliphatic carbocycles. The second kappa shape index (κ2) is 10.6. The van der Waals surface area contributed by atoms with Crippen molar-refractivity contribution in [3.05, 3.63) is 92.7 Å². The summed E-state index contributed by atoms with van der Waals surface area (Å²) in [6.45, 7) is 2.07. The summed E-state index contributed by atoms with van der Waals surface area (Å²) in [5, 5.41) is 4.89. The molecular weight excluding hydrogens is 501 g/mol. The lowest BCUT2D eigenvalue weighted by Gasteiger charge is -2.12. The molecule has 0 atom stereocenters. The fourth-order valence-electron chi connectivity index (χ4n) is 3.45. The molecule has 0 bridgehead atoms. The molecule has 3 aromatic carbocycles. The summed E-state index contributed by atoms with van der Waals surface area (Å²) in [7, 11) is 1.44. The number of unbranched alkanes of at least 4 members (excludes halogenated alkanes) is 1. The van der Waals surface area contributed by atoms with Crippen molar-refractivity contribution in [1.29, 1.82) is 0 Å². The van der Waals surface area contributed by atoms with Gasteiger partial charge in [-0.3, -0.25) is 4.79 Å². The molecule has 0 saturated carbocycles. The molecule has 0 radical (unpaired) electrons. The third-order valence-corrected chi connectivity index (χ3v) is 5.69. The van der Waals surface area contributed by atoms with Crippen molar-refractivity contribution in [2.45, 2.75) is 26.2 Å². The normalized spacial score (nSPS) is 11.3. The molecule has 0 fully saturated rings. The number of hydrogen-bond donors (Lipinski definition) is 0. The van der Waals surface area contributed by atoms with Gasteiger partial charge in [0.15, 0.2) is 11.6 Å². The van der Waals surface area contributed by atoms with Gasteiger partial charge in [-0.05, 0) is 42.8 Å². The fraction of sp³-hybridized carbons (Fsp3) is 0.192. The maximum Gasteiger partial charge on any atom is 0.282 e. The number of aromatic nitrogens is 2. The summed E-state index contributed by atoms with van der Waals surface area (Å²) in [4.78, 5) is 17.9. The average molecular weight is 524 g/mol. The molecule has 0 N–H and O–H groups in total. The van der Waals surface area contributed by atoms with Crippen LogP contribution in [0.3, 0.4) is 0 Å². The van der Waals surface area contributed by atoms with Crippen LogP contribution in [-0.4, -0.2) is 23.0 Å². The SMILES string of the molecule is CCCCc1nc2ccc(Br)cc2c(=O)n1N=Cc1cc(Oc2ccccc2)c(F)cc1OC. The first-order chi connectivity index (χ1) is 16.5. The molecule has 0 unspecified atom stereocenters. The standard InChI is InChI=1S/C26H23BrFN3O3/c1-3-4-10-25-30-22-12-11-18(27)14-20(22)26(32)31(25)29-16-17-13-24(21(28)15-23(17)33-2)34-19-8-6-5-7-9-19/h5-9,11-16H,3-4,10H2,1-2H3. The summed E-state index contributed by atoms with van der Waals surface area (Å²) in [6, 6.07) is 17.0. The Kier molecular flexibility index (Phi) is 7.37. The molecule has 1 aromatic heterocycles. The van der Waals surface area contributed by atoms with Crippen LogP contribution in [0, 0.1) is 5.82 Å². The smallest absolute Gasteiger partial charge is 0.282 e. The minimum Gasteiger partial charge on any atom is -0.496 e. The third-order valence-electron chi connectivity index (χ3n) is 5.20. The van der Waals surface area contributed by atoms with E-state index in [9.17, 15) is 9.18 Å². The van der Waals surface area contributed by atoms with Gasteiger partial charge in [0.2, 0.25) is 0 Å². The van der Waals surface area contributed by atoms with Gasteiger partial charge in [-0.15, -0.1) is 0 Å². The van der Waals surface area contributed by atoms with Crippen LogP contribution in [0.25, 0.3) is 10.9 Å². The van der Waals surface area contributed by atoms with E-state index in [2.05, 4.69) is 32.9 Å². The first-order valence-electron chi connectivity index (χ1n) is 10.9. The zero-order chi connectivity index (χ0) is 24.1. The number of benzene rings is 3. The lowest BCUT2D eigenvalue weighted by Crippen LogP contribution is -2.22. The Bertz CT molecular complexity index is 1400. The van der Waals surface area contributed by atoms with E-state index in [1.54, 1.807) is 36.4 Å². The Labute approximate surface area is 204 Å². The molecular formula is C26H23BrFN3O3. The van der Waals surface area contributed by atoms with Gasteiger partial charge >= 0.3 is 0 Å². The maximum absolute atomic E-state index is 14.6. The van der Waals surface area contributed by atoms with Crippen molar-refractivity contribution in [3.8, 4) is 17.2 Å². The van der Waals surface area contributed by atoms with Crippen LogP contribution in [0.15, 0.2) is 75.0 Å². The predicted molar refractivity (Wildman–Crippen MR) is 135 cm³/mol. The van der Waals surface area contributed by atoms with Gasteiger partial charge in [0.25, 0.3) is 5.56 Å². The number of nitrogens with zero attached hydrogens (tertiary/aromatic N) is 3. The summed E-state index contributed by atoms with van der Waals surface area (Å²) < 4.78 is 27.7. The number of hydrogen-bond acceptors (Lipinski definition) is 5. The Hall–Kier alpha value is -3.52. The molecule has 4 aromatic rings. The minimum absolute atomic E-state index is 0.0209. The van der Waals surface area contributed by atoms with Crippen LogP contribution >= 0.6 is 15.9 Å². The Morgan fingerprint density at radius 2 is 1.91 bits per heavy atom. The van der Waals surface area contributed by atoms with Gasteiger partial charge < -0.3 is 9.47 Å². The van der Waals surface area contributed by atoms with E-state index in [1.165, 1.54) is 30.1 Å². The number of ether oxygens (including phenoxy) is 2. The van der Waals surface area contributed by atoms with E-state index >= 15 is 0 Å². The molecule has 0 aliphatic rings. The van der Waals surface area contributed by atoms with Gasteiger partial charge in [-0.25, -0.2) is 9.37 Å². The minimum atomic E-state index is -0.573. The highest BCUT2D eigenvalue weighted by Gasteiger charge is 2.14. The van der Waals surface area contributed by atoms with Crippen molar-refractivity contribution in [3.63, 3.8) is 0 Å². The van der Waals surface area contributed by atoms with E-state index in [-0.39, 0.29) is 17.1 Å². The lowest BCUT2D eigenvalue weighted by molar-refractivity contribution is 0.401. The van der Waals surface area contributed by atoms with Crippen molar-refractivity contribution in [2.24, 2.45) is 5.10 Å². The topological polar surface area (TPSA) is 65.7 Å². The Balaban J connectivity index is 1.79. The second-order valence-corrected chi connectivity index (χ2v) is 8.51. The molecule has 34 heavy (non-hydrogen) atoms. The zero-order valence-electron chi connectivity index (χ0n) is 18.8. The van der Waals surface area contributed by atoms with E-state index in [0.717, 1.165) is 17.3 Å². The fourth-order valence-corrected chi connectivity index (χ4v) is 3.81. The van der Waals surface area contributed by atoms with Crippen molar-refractivity contribution < 1.29 is 13.9 Å². The molecule has 0 amide bonds. The first kappa shape index (κ1) is 23.6. The van der Waals surface area contributed by atoms with Crippen LogP contribution in [0.2, 0.25) is 0 Å². The van der Waals surface area contributed by atoms with Gasteiger partial charge in [0.1, 0.15) is 17.3 Å². The zero-order valence-corrected chi connectivity index (χ0v) is 20.4. The molecule has 0 saturated heterocycles. The number of fused-ring (bicyclic) bond motifs is 1. The van der Waals surface area contributed by atoms with E-state index in [0.29, 0.717) is 34.5 Å². The third kappa shape index (κ3) is 5.17. The lowest BCUT2D eigenvalue weighted by atomic mass is 10.2. The molecule has 174 valence electrons. The van der Waals surface area contributed by atoms with E-state index in [4.69, 9.17) is 9.47 Å². The van der Waals surface area contributed by atoms with Gasteiger partial charge in [-0.2, -0.15) is 9.78 Å². The number of methoxy groups -OCH3 is 1. The molecule has 6 nitrogen and oxygen atoms in total. The first-order valence-corrected chi connectivity index (χ1v) is 11.7. The van der Waals surface area contributed by atoms with Crippen molar-refractivity contribution in [2.75, 3.05) is 7.11 Å². The Morgan fingerprint density at radius 1 is 1.12 bits per heavy atom. The van der Waals surface area contributed by atoms with E-state index in [1.807, 2.05) is 12.1 Å². The highest BCUT2D eigenvalue weighted by atomic mass is 79.9. The van der Waals surface area contributed by atoms with Crippen LogP contribution < -0.4 is 15.0 Å². The number of halogens is 2. The van der Waals surface area contributed by atoms with Crippen molar-refractivity contribution in [1.82, 2.24) is 9.66 Å². The van der Waals surface area contributed by atoms with E-state index < -0.39 is 5.82 Å². The summed E-state index contributed by atoms with van der Waals surface area (Å²) >= 11 is 3.41. The van der Waals surface area contributed by atoms with Crippen LogP contribution in [0.5, 0.6) is 17.2 Å². The maximum atomic E-state index is 14.6. The predicted octanol–water partition coefficient (Wildman–Crippen LogP) is 6.32. The molecule has 0 spiro atoms. The number of aryl methyl sites for hydroxylation is 1. The van der Waals surface area contributed by atoms with Gasteiger partial charge in [0, 0.05) is 22.5 Å². The molecule has 0 aliphatic heterocycles. The number of para-hydroxylation sites is 1. The largest absolute Gasteiger partial charge is 0.496 e. The van der Waals surface area contributed by atoms with Crippen molar-refractivity contribution >= 4 is 33.0 Å². The average Bonchev–Trinajstić information content (AvgIpc) is 2.85. The van der Waals surface area contributed by atoms with Crippen LogP contribution in [0.4, 0.5) is 4.39 Å². The highest BCUT2D eigenvalue weighted by molar-refractivity contribution is 9.10. The summed E-state index contributed by atoms with van der Waals surface area (Å²) in [6.07, 6.45) is 3.86. The summed E-state index contributed by atoms with van der Waals surface area (Å²) in [5.41, 5.74) is 0.789. The van der Waals surface area contributed by atoms with Crippen LogP contribution in [0.1, 0.15) is 31.2 Å². The quantitative estimate of drug-likeness (QED) is 0.253. The second-order valence-electron chi connectivity index (χ2n) is 7.59. The summed E-state index contributed by atoms with van der Waals surface area (Å²) in [5.74, 6) is 0.765. The number of rotatable bonds is 8. The Morgan fingerprint density at radius 3 is 2.65 bits per heavy atom. The highest BCUT2D eigenvalue weighted by Crippen LogP contribution is 2.30. The van der Waals surface area contributed by atoms with Crippen LogP contribution in [-0.2, 0) is 6.42 Å².